The van der Waals surface area contributed by atoms with Crippen LogP contribution in [0.3, 0.4) is 0 Å². The Labute approximate surface area is 178 Å². The number of carbonyl (C=O) groups is 2. The van der Waals surface area contributed by atoms with Gasteiger partial charge in [-0.05, 0) is 55.3 Å². The number of aryl methyl sites for hydroxylation is 1. The Morgan fingerprint density at radius 2 is 1.90 bits per heavy atom. The Balaban J connectivity index is 2.02. The number of aliphatic hydroxyl groups excluding tert-OH is 1. The zero-order valence-electron chi connectivity index (χ0n) is 16.8. The number of hydrogen-bond acceptors (Lipinski definition) is 5. The van der Waals surface area contributed by atoms with E-state index in [0.717, 1.165) is 11.2 Å². The number of aromatic amines is 1. The van der Waals surface area contributed by atoms with Gasteiger partial charge in [-0.2, -0.15) is 0 Å². The lowest BCUT2D eigenvalue weighted by Crippen LogP contribution is -2.26. The standard InChI is InChI=1S/C22H23ClN2O5/c1-13-16(12-19(27)25-30-11-3-10-26)20-17(24-13)8-9-18(29-2)21(20)22(28)14-4-6-15(23)7-5-14/h4-9,24,26H,3,10-12H2,1-2H3,(H,25,27). The normalized spacial score (nSPS) is 10.9. The number of H-pyrrole nitrogens is 1. The molecule has 3 aromatic rings. The first kappa shape index (κ1) is 21.8. The first-order valence-electron chi connectivity index (χ1n) is 9.46. The summed E-state index contributed by atoms with van der Waals surface area (Å²) in [5, 5.41) is 9.96. The van der Waals surface area contributed by atoms with Crippen LogP contribution in [0, 0.1) is 6.92 Å². The van der Waals surface area contributed by atoms with Gasteiger partial charge >= 0.3 is 0 Å². The Morgan fingerprint density at radius 3 is 2.57 bits per heavy atom. The number of amides is 1. The number of halogens is 1. The van der Waals surface area contributed by atoms with E-state index in [-0.39, 0.29) is 31.3 Å². The van der Waals surface area contributed by atoms with Gasteiger partial charge < -0.3 is 14.8 Å². The molecule has 8 heteroatoms. The van der Waals surface area contributed by atoms with Gasteiger partial charge in [0.2, 0.25) is 5.91 Å². The number of aliphatic hydroxyl groups is 1. The molecule has 1 amide bonds. The van der Waals surface area contributed by atoms with Gasteiger partial charge in [0.1, 0.15) is 5.75 Å². The SMILES string of the molecule is COc1ccc2[nH]c(C)c(CC(=O)NOCCCO)c2c1C(=O)c1ccc(Cl)cc1. The molecule has 2 aromatic carbocycles. The van der Waals surface area contributed by atoms with E-state index in [4.69, 9.17) is 26.3 Å². The fourth-order valence-electron chi connectivity index (χ4n) is 3.29. The third-order valence-electron chi connectivity index (χ3n) is 4.72. The average molecular weight is 431 g/mol. The highest BCUT2D eigenvalue weighted by atomic mass is 35.5. The summed E-state index contributed by atoms with van der Waals surface area (Å²) in [6, 6.07) is 10.2. The second kappa shape index (κ2) is 9.75. The maximum absolute atomic E-state index is 13.4. The number of methoxy groups -OCH3 is 1. The molecule has 3 N–H and O–H groups in total. The third-order valence-corrected chi connectivity index (χ3v) is 4.98. The van der Waals surface area contributed by atoms with Crippen molar-refractivity contribution in [2.45, 2.75) is 19.8 Å². The van der Waals surface area contributed by atoms with Crippen molar-refractivity contribution >= 4 is 34.2 Å². The van der Waals surface area contributed by atoms with Gasteiger partial charge in [-0.15, -0.1) is 0 Å². The van der Waals surface area contributed by atoms with Crippen LogP contribution >= 0.6 is 11.6 Å². The molecule has 0 unspecified atom stereocenters. The van der Waals surface area contributed by atoms with Crippen LogP contribution in [0.1, 0.15) is 33.6 Å². The van der Waals surface area contributed by atoms with Crippen LogP contribution < -0.4 is 10.2 Å². The fraction of sp³-hybridized carbons (Fsp3) is 0.273. The second-order valence-corrected chi connectivity index (χ2v) is 7.19. The molecular formula is C22H23ClN2O5. The minimum absolute atomic E-state index is 0.0129. The number of nitrogens with one attached hydrogen (secondary N) is 2. The Bertz CT molecular complexity index is 1060. The number of benzene rings is 2. The lowest BCUT2D eigenvalue weighted by atomic mass is 9.95. The Hall–Kier alpha value is -2.87. The third kappa shape index (κ3) is 4.64. The average Bonchev–Trinajstić information content (AvgIpc) is 3.05. The number of fused-ring (bicyclic) bond motifs is 1. The van der Waals surface area contributed by atoms with E-state index < -0.39 is 0 Å². The van der Waals surface area contributed by atoms with Crippen molar-refractivity contribution in [1.29, 1.82) is 0 Å². The van der Waals surface area contributed by atoms with Gasteiger partial charge in [0.25, 0.3) is 0 Å². The number of rotatable bonds is 9. The summed E-state index contributed by atoms with van der Waals surface area (Å²) < 4.78 is 5.47. The monoisotopic (exact) mass is 430 g/mol. The summed E-state index contributed by atoms with van der Waals surface area (Å²) in [5.74, 6) is -0.166. The number of hydrogen-bond donors (Lipinski definition) is 3. The number of carbonyl (C=O) groups excluding carboxylic acids is 2. The molecule has 30 heavy (non-hydrogen) atoms. The van der Waals surface area contributed by atoms with Crippen molar-refractivity contribution in [2.24, 2.45) is 0 Å². The molecule has 0 aliphatic rings. The van der Waals surface area contributed by atoms with Crippen LogP contribution in [-0.4, -0.2) is 42.1 Å². The van der Waals surface area contributed by atoms with E-state index in [1.54, 1.807) is 30.3 Å². The molecular weight excluding hydrogens is 408 g/mol. The van der Waals surface area contributed by atoms with Crippen LogP contribution in [0.4, 0.5) is 0 Å². The molecule has 0 aliphatic carbocycles. The van der Waals surface area contributed by atoms with Crippen molar-refractivity contribution in [2.75, 3.05) is 20.3 Å². The topological polar surface area (TPSA) is 101 Å². The summed E-state index contributed by atoms with van der Waals surface area (Å²) in [7, 11) is 1.50. The molecule has 0 aliphatic heterocycles. The van der Waals surface area contributed by atoms with E-state index in [9.17, 15) is 9.59 Å². The van der Waals surface area contributed by atoms with Crippen LogP contribution in [-0.2, 0) is 16.1 Å². The predicted octanol–water partition coefficient (Wildman–Crippen LogP) is 3.34. The van der Waals surface area contributed by atoms with Crippen molar-refractivity contribution in [1.82, 2.24) is 10.5 Å². The lowest BCUT2D eigenvalue weighted by Gasteiger charge is -2.12. The molecule has 0 fully saturated rings. The van der Waals surface area contributed by atoms with Crippen LogP contribution in [0.5, 0.6) is 5.75 Å². The highest BCUT2D eigenvalue weighted by Crippen LogP contribution is 2.34. The van der Waals surface area contributed by atoms with Crippen molar-refractivity contribution < 1.29 is 24.3 Å². The molecule has 1 heterocycles. The molecule has 7 nitrogen and oxygen atoms in total. The number of hydroxylamine groups is 1. The van der Waals surface area contributed by atoms with Crippen LogP contribution in [0.25, 0.3) is 10.9 Å². The zero-order valence-corrected chi connectivity index (χ0v) is 17.5. The smallest absolute Gasteiger partial charge is 0.248 e. The summed E-state index contributed by atoms with van der Waals surface area (Å²) in [6.45, 7) is 2.04. The highest BCUT2D eigenvalue weighted by molar-refractivity contribution is 6.30. The first-order chi connectivity index (χ1) is 14.5. The van der Waals surface area contributed by atoms with Gasteiger partial charge in [-0.1, -0.05) is 11.6 Å². The van der Waals surface area contributed by atoms with E-state index in [1.165, 1.54) is 7.11 Å². The van der Waals surface area contributed by atoms with Gasteiger partial charge in [0, 0.05) is 33.8 Å². The van der Waals surface area contributed by atoms with Crippen molar-refractivity contribution in [3.8, 4) is 5.75 Å². The molecule has 158 valence electrons. The molecule has 0 radical (unpaired) electrons. The summed E-state index contributed by atoms with van der Waals surface area (Å²) >= 11 is 5.95. The molecule has 0 saturated heterocycles. The highest BCUT2D eigenvalue weighted by Gasteiger charge is 2.24. The summed E-state index contributed by atoms with van der Waals surface area (Å²) in [5.41, 5.74) is 5.40. The van der Waals surface area contributed by atoms with E-state index in [2.05, 4.69) is 10.5 Å². The maximum atomic E-state index is 13.4. The lowest BCUT2D eigenvalue weighted by molar-refractivity contribution is -0.133. The largest absolute Gasteiger partial charge is 0.496 e. The van der Waals surface area contributed by atoms with Gasteiger partial charge in [-0.25, -0.2) is 5.48 Å². The Morgan fingerprint density at radius 1 is 1.17 bits per heavy atom. The summed E-state index contributed by atoms with van der Waals surface area (Å²) in [4.78, 5) is 34.0. The fourth-order valence-corrected chi connectivity index (χ4v) is 3.42. The number of ether oxygens (including phenoxy) is 1. The van der Waals surface area contributed by atoms with Crippen LogP contribution in [0.15, 0.2) is 36.4 Å². The molecule has 0 atom stereocenters. The molecule has 0 spiro atoms. The predicted molar refractivity (Wildman–Crippen MR) is 114 cm³/mol. The quantitative estimate of drug-likeness (QED) is 0.274. The summed E-state index contributed by atoms with van der Waals surface area (Å²) in [6.07, 6.45) is 0.433. The van der Waals surface area contributed by atoms with E-state index >= 15 is 0 Å². The molecule has 0 saturated carbocycles. The molecule has 3 rings (SSSR count). The number of aromatic nitrogens is 1. The minimum atomic E-state index is -0.357. The van der Waals surface area contributed by atoms with Gasteiger partial charge in [-0.3, -0.25) is 14.4 Å². The van der Waals surface area contributed by atoms with Gasteiger partial charge in [0.05, 0.1) is 25.7 Å². The molecule has 0 bridgehead atoms. The maximum Gasteiger partial charge on any atom is 0.248 e. The van der Waals surface area contributed by atoms with E-state index in [0.29, 0.717) is 39.3 Å². The van der Waals surface area contributed by atoms with E-state index in [1.807, 2.05) is 13.0 Å². The van der Waals surface area contributed by atoms with Crippen molar-refractivity contribution in [3.63, 3.8) is 0 Å². The number of ketones is 1. The second-order valence-electron chi connectivity index (χ2n) is 6.76. The zero-order chi connectivity index (χ0) is 21.7. The Kier molecular flexibility index (Phi) is 7.10. The van der Waals surface area contributed by atoms with Crippen molar-refractivity contribution in [3.05, 3.63) is 63.8 Å². The molecule has 1 aromatic heterocycles. The first-order valence-corrected chi connectivity index (χ1v) is 9.84. The van der Waals surface area contributed by atoms with Crippen LogP contribution in [0.2, 0.25) is 5.02 Å². The van der Waals surface area contributed by atoms with Gasteiger partial charge in [0.15, 0.2) is 5.78 Å². The minimum Gasteiger partial charge on any atom is -0.496 e.